The molecule has 1 aliphatic rings. The van der Waals surface area contributed by atoms with Gasteiger partial charge in [-0.3, -0.25) is 14.2 Å². The number of allylic oxidation sites excluding steroid dienone is 2. The topological polar surface area (TPSA) is 80.0 Å². The van der Waals surface area contributed by atoms with Gasteiger partial charge >= 0.3 is 0 Å². The first kappa shape index (κ1) is 19.4. The smallest absolute Gasteiger partial charge is 0.262 e. The molecule has 1 atom stereocenters. The number of aromatic amines is 1. The van der Waals surface area contributed by atoms with E-state index in [4.69, 9.17) is 16.6 Å². The molecule has 2 heterocycles. The summed E-state index contributed by atoms with van der Waals surface area (Å²) >= 11 is 5.42. The van der Waals surface area contributed by atoms with Gasteiger partial charge < -0.3 is 14.7 Å². The minimum Gasteiger partial charge on any atom is -0.467 e. The fourth-order valence-electron chi connectivity index (χ4n) is 3.70. The lowest BCUT2D eigenvalue weighted by molar-refractivity contribution is 0.0948. The van der Waals surface area contributed by atoms with Gasteiger partial charge in [-0.1, -0.05) is 12.2 Å². The highest BCUT2D eigenvalue weighted by Crippen LogP contribution is 2.21. The molecule has 150 valence electrons. The molecule has 0 saturated heterocycles. The first-order valence-corrected chi connectivity index (χ1v) is 10.3. The van der Waals surface area contributed by atoms with Crippen LogP contribution in [0.25, 0.3) is 10.9 Å². The van der Waals surface area contributed by atoms with E-state index in [0.717, 1.165) is 19.3 Å². The minimum atomic E-state index is -0.240. The van der Waals surface area contributed by atoms with Crippen LogP contribution in [-0.4, -0.2) is 15.5 Å². The number of carbonyl (C=O) groups is 1. The standard InChI is InChI=1S/C22H23N3O3S/c26-20(23-14-17-7-4-12-28-17)16-8-9-18-19(13-16)24-22(29)25(21(18)27)11-10-15-5-2-1-3-6-15/h2,4-5,7-9,12-13,15H,1,3,6,10-11,14H2,(H,23,26)(H,24,29). The van der Waals surface area contributed by atoms with Crippen molar-refractivity contribution in [2.45, 2.75) is 38.8 Å². The first-order valence-electron chi connectivity index (χ1n) is 9.86. The summed E-state index contributed by atoms with van der Waals surface area (Å²) in [4.78, 5) is 28.5. The van der Waals surface area contributed by atoms with E-state index in [0.29, 0.717) is 46.0 Å². The van der Waals surface area contributed by atoms with Crippen molar-refractivity contribution in [3.8, 4) is 0 Å². The predicted octanol–water partition coefficient (Wildman–Crippen LogP) is 4.33. The number of hydrogen-bond acceptors (Lipinski definition) is 4. The summed E-state index contributed by atoms with van der Waals surface area (Å²) in [7, 11) is 0. The number of nitrogens with zero attached hydrogens (tertiary/aromatic N) is 1. The number of furan rings is 1. The van der Waals surface area contributed by atoms with Gasteiger partial charge in [0.25, 0.3) is 11.5 Å². The van der Waals surface area contributed by atoms with Crippen LogP contribution in [0, 0.1) is 10.7 Å². The Balaban J connectivity index is 1.53. The molecule has 2 aromatic heterocycles. The molecule has 4 rings (SSSR count). The largest absolute Gasteiger partial charge is 0.467 e. The normalized spacial score (nSPS) is 16.2. The van der Waals surface area contributed by atoms with Gasteiger partial charge in [0.05, 0.1) is 23.7 Å². The summed E-state index contributed by atoms with van der Waals surface area (Å²) in [5.41, 5.74) is 0.907. The van der Waals surface area contributed by atoms with E-state index < -0.39 is 0 Å². The summed E-state index contributed by atoms with van der Waals surface area (Å²) in [5.74, 6) is 0.936. The maximum Gasteiger partial charge on any atom is 0.262 e. The van der Waals surface area contributed by atoms with Gasteiger partial charge in [0.1, 0.15) is 5.76 Å². The lowest BCUT2D eigenvalue weighted by Crippen LogP contribution is -2.25. The van der Waals surface area contributed by atoms with Gasteiger partial charge in [-0.25, -0.2) is 0 Å². The lowest BCUT2D eigenvalue weighted by Gasteiger charge is -2.17. The van der Waals surface area contributed by atoms with Gasteiger partial charge in [0.2, 0.25) is 0 Å². The maximum atomic E-state index is 12.9. The molecule has 0 aliphatic heterocycles. The van der Waals surface area contributed by atoms with Crippen LogP contribution in [0.1, 0.15) is 41.8 Å². The van der Waals surface area contributed by atoms with Crippen molar-refractivity contribution in [1.29, 1.82) is 0 Å². The third-order valence-electron chi connectivity index (χ3n) is 5.32. The number of fused-ring (bicyclic) bond motifs is 1. The van der Waals surface area contributed by atoms with Crippen LogP contribution in [0.15, 0.2) is 58.0 Å². The lowest BCUT2D eigenvalue weighted by atomic mass is 9.93. The number of aromatic nitrogens is 2. The highest BCUT2D eigenvalue weighted by molar-refractivity contribution is 7.71. The second kappa shape index (κ2) is 8.61. The quantitative estimate of drug-likeness (QED) is 0.469. The van der Waals surface area contributed by atoms with E-state index in [2.05, 4.69) is 22.5 Å². The van der Waals surface area contributed by atoms with E-state index >= 15 is 0 Å². The molecule has 2 N–H and O–H groups in total. The van der Waals surface area contributed by atoms with E-state index in [1.54, 1.807) is 41.2 Å². The maximum absolute atomic E-state index is 12.9. The molecule has 6 nitrogen and oxygen atoms in total. The van der Waals surface area contributed by atoms with Crippen molar-refractivity contribution in [1.82, 2.24) is 14.9 Å². The molecule has 1 aliphatic carbocycles. The summed E-state index contributed by atoms with van der Waals surface area (Å²) in [5, 5.41) is 3.33. The van der Waals surface area contributed by atoms with Crippen LogP contribution < -0.4 is 10.9 Å². The number of H-pyrrole nitrogens is 1. The summed E-state index contributed by atoms with van der Waals surface area (Å²) in [6.45, 7) is 0.890. The molecule has 7 heteroatoms. The third-order valence-corrected chi connectivity index (χ3v) is 5.65. The SMILES string of the molecule is O=C(NCc1ccco1)c1ccc2c(=O)n(CCC3C=CCCC3)c(=S)[nH]c2c1. The Morgan fingerprint density at radius 2 is 2.24 bits per heavy atom. The molecule has 0 spiro atoms. The Labute approximate surface area is 173 Å². The van der Waals surface area contributed by atoms with E-state index in [1.807, 2.05) is 0 Å². The van der Waals surface area contributed by atoms with Gasteiger partial charge in [-0.15, -0.1) is 0 Å². The Bertz CT molecular complexity index is 1160. The Morgan fingerprint density at radius 3 is 3.00 bits per heavy atom. The highest BCUT2D eigenvalue weighted by atomic mass is 32.1. The molecule has 0 fully saturated rings. The molecule has 0 bridgehead atoms. The summed E-state index contributed by atoms with van der Waals surface area (Å²) < 4.78 is 7.22. The summed E-state index contributed by atoms with van der Waals surface area (Å²) in [6.07, 6.45) is 10.4. The molecule has 29 heavy (non-hydrogen) atoms. The van der Waals surface area contributed by atoms with Crippen LogP contribution in [0.2, 0.25) is 0 Å². The zero-order valence-electron chi connectivity index (χ0n) is 16.0. The highest BCUT2D eigenvalue weighted by Gasteiger charge is 2.13. The number of rotatable bonds is 6. The number of amides is 1. The average Bonchev–Trinajstić information content (AvgIpc) is 3.26. The van der Waals surface area contributed by atoms with Crippen LogP contribution in [0.3, 0.4) is 0 Å². The van der Waals surface area contributed by atoms with Crippen LogP contribution in [-0.2, 0) is 13.1 Å². The number of carbonyl (C=O) groups excluding carboxylic acids is 1. The zero-order chi connectivity index (χ0) is 20.2. The van der Waals surface area contributed by atoms with Gasteiger partial charge in [0.15, 0.2) is 4.77 Å². The fourth-order valence-corrected chi connectivity index (χ4v) is 3.98. The van der Waals surface area contributed by atoms with E-state index in [9.17, 15) is 9.59 Å². The fraction of sp³-hybridized carbons (Fsp3) is 0.318. The van der Waals surface area contributed by atoms with Crippen LogP contribution in [0.5, 0.6) is 0 Å². The first-order chi connectivity index (χ1) is 14.1. The van der Waals surface area contributed by atoms with Crippen molar-refractivity contribution in [2.75, 3.05) is 0 Å². The Morgan fingerprint density at radius 1 is 1.34 bits per heavy atom. The minimum absolute atomic E-state index is 0.119. The number of benzene rings is 1. The number of nitrogens with one attached hydrogen (secondary N) is 2. The molecular weight excluding hydrogens is 386 g/mol. The summed E-state index contributed by atoms with van der Waals surface area (Å²) in [6, 6.07) is 8.57. The van der Waals surface area contributed by atoms with Crippen molar-refractivity contribution >= 4 is 29.0 Å². The molecule has 0 radical (unpaired) electrons. The Kier molecular flexibility index (Phi) is 5.76. The molecule has 1 unspecified atom stereocenters. The van der Waals surface area contributed by atoms with Crippen molar-refractivity contribution in [3.05, 3.63) is 75.2 Å². The average molecular weight is 410 g/mol. The van der Waals surface area contributed by atoms with E-state index in [-0.39, 0.29) is 11.5 Å². The van der Waals surface area contributed by atoms with Crippen LogP contribution >= 0.6 is 12.2 Å². The predicted molar refractivity (Wildman–Crippen MR) is 114 cm³/mol. The zero-order valence-corrected chi connectivity index (χ0v) is 16.8. The third kappa shape index (κ3) is 4.40. The van der Waals surface area contributed by atoms with Crippen molar-refractivity contribution < 1.29 is 9.21 Å². The molecular formula is C22H23N3O3S. The van der Waals surface area contributed by atoms with Crippen LogP contribution in [0.4, 0.5) is 0 Å². The molecule has 1 amide bonds. The molecule has 3 aromatic rings. The number of hydrogen-bond donors (Lipinski definition) is 2. The van der Waals surface area contributed by atoms with Gasteiger partial charge in [-0.05, 0) is 74.2 Å². The van der Waals surface area contributed by atoms with Crippen molar-refractivity contribution in [2.24, 2.45) is 5.92 Å². The molecule has 0 saturated carbocycles. The van der Waals surface area contributed by atoms with Gasteiger partial charge in [-0.2, -0.15) is 0 Å². The monoisotopic (exact) mass is 409 g/mol. The molecule has 1 aromatic carbocycles. The second-order valence-electron chi connectivity index (χ2n) is 7.32. The van der Waals surface area contributed by atoms with Crippen molar-refractivity contribution in [3.63, 3.8) is 0 Å². The van der Waals surface area contributed by atoms with E-state index in [1.165, 1.54) is 6.42 Å². The second-order valence-corrected chi connectivity index (χ2v) is 7.70. The van der Waals surface area contributed by atoms with Gasteiger partial charge in [0, 0.05) is 12.1 Å². The Hall–Kier alpha value is -2.93.